The molecule has 0 saturated heterocycles. The Bertz CT molecular complexity index is 933. The van der Waals surface area contributed by atoms with Crippen molar-refractivity contribution in [3.05, 3.63) is 35.4 Å². The average Bonchev–Trinajstić information content (AvgIpc) is 2.95. The zero-order valence-corrected chi connectivity index (χ0v) is 21.7. The first-order chi connectivity index (χ1) is 15.4. The van der Waals surface area contributed by atoms with Crippen molar-refractivity contribution in [1.82, 2.24) is 5.32 Å². The standard InChI is InChI=1S/C26H37NO7/c1-23(2,3)32-18(28)14-15-26(21(30)33-24(4,5)6,22(31)34-25(7,8)9)19-16-12-10-11-13-17(16)20(29)27-19/h10-13,19H,14-15H2,1-9H3,(H,27,29). The highest BCUT2D eigenvalue weighted by molar-refractivity contribution is 6.06. The van der Waals surface area contributed by atoms with Crippen molar-refractivity contribution in [2.24, 2.45) is 5.41 Å². The second-order valence-corrected chi connectivity index (χ2v) is 11.6. The summed E-state index contributed by atoms with van der Waals surface area (Å²) in [6.45, 7) is 15.3. The number of hydrogen-bond acceptors (Lipinski definition) is 7. The first-order valence-corrected chi connectivity index (χ1v) is 11.4. The molecule has 188 valence electrons. The molecule has 1 aliphatic heterocycles. The third kappa shape index (κ3) is 6.58. The van der Waals surface area contributed by atoms with Gasteiger partial charge >= 0.3 is 17.9 Å². The molecule has 0 spiro atoms. The highest BCUT2D eigenvalue weighted by atomic mass is 16.6. The smallest absolute Gasteiger partial charge is 0.326 e. The lowest BCUT2D eigenvalue weighted by Crippen LogP contribution is -2.53. The lowest BCUT2D eigenvalue weighted by atomic mass is 9.73. The minimum atomic E-state index is -2.01. The van der Waals surface area contributed by atoms with Crippen LogP contribution in [-0.2, 0) is 28.6 Å². The molecule has 1 unspecified atom stereocenters. The Morgan fingerprint density at radius 2 is 1.26 bits per heavy atom. The summed E-state index contributed by atoms with van der Waals surface area (Å²) in [6.07, 6.45) is -0.532. The topological polar surface area (TPSA) is 108 Å². The van der Waals surface area contributed by atoms with E-state index in [0.717, 1.165) is 0 Å². The van der Waals surface area contributed by atoms with Crippen molar-refractivity contribution < 1.29 is 33.4 Å². The number of carbonyl (C=O) groups excluding carboxylic acids is 4. The second kappa shape index (κ2) is 9.39. The number of esters is 3. The molecule has 0 radical (unpaired) electrons. The number of benzene rings is 1. The summed E-state index contributed by atoms with van der Waals surface area (Å²) in [7, 11) is 0. The van der Waals surface area contributed by atoms with Gasteiger partial charge in [0.25, 0.3) is 5.91 Å². The molecule has 8 heteroatoms. The highest BCUT2D eigenvalue weighted by Crippen LogP contribution is 2.46. The van der Waals surface area contributed by atoms with Crippen molar-refractivity contribution in [1.29, 1.82) is 0 Å². The van der Waals surface area contributed by atoms with E-state index in [4.69, 9.17) is 14.2 Å². The predicted octanol–water partition coefficient (Wildman–Crippen LogP) is 4.26. The predicted molar refractivity (Wildman–Crippen MR) is 126 cm³/mol. The van der Waals surface area contributed by atoms with Gasteiger partial charge in [0.1, 0.15) is 16.8 Å². The lowest BCUT2D eigenvalue weighted by Gasteiger charge is -2.38. The highest BCUT2D eigenvalue weighted by Gasteiger charge is 2.59. The van der Waals surface area contributed by atoms with Crippen molar-refractivity contribution in [2.45, 2.75) is 98.0 Å². The van der Waals surface area contributed by atoms with Gasteiger partial charge in [0, 0.05) is 12.0 Å². The molecule has 1 aliphatic rings. The van der Waals surface area contributed by atoms with Gasteiger partial charge in [-0.15, -0.1) is 0 Å². The summed E-state index contributed by atoms with van der Waals surface area (Å²) in [5, 5.41) is 2.77. The number of hydrogen-bond donors (Lipinski definition) is 1. The van der Waals surface area contributed by atoms with Crippen LogP contribution < -0.4 is 5.32 Å². The van der Waals surface area contributed by atoms with Gasteiger partial charge in [0.05, 0.1) is 6.04 Å². The van der Waals surface area contributed by atoms with E-state index in [1.807, 2.05) is 0 Å². The van der Waals surface area contributed by atoms with Crippen LogP contribution in [0, 0.1) is 5.41 Å². The second-order valence-electron chi connectivity index (χ2n) is 11.6. The number of amides is 1. The van der Waals surface area contributed by atoms with Gasteiger partial charge in [-0.1, -0.05) is 18.2 Å². The molecule has 0 saturated carbocycles. The van der Waals surface area contributed by atoms with Gasteiger partial charge in [0.2, 0.25) is 0 Å². The molecule has 8 nitrogen and oxygen atoms in total. The maximum Gasteiger partial charge on any atom is 0.326 e. The zero-order valence-electron chi connectivity index (χ0n) is 21.7. The minimum Gasteiger partial charge on any atom is -0.460 e. The molecule has 1 heterocycles. The third-order valence-electron chi connectivity index (χ3n) is 4.95. The molecular formula is C26H37NO7. The van der Waals surface area contributed by atoms with Crippen molar-refractivity contribution in [3.63, 3.8) is 0 Å². The van der Waals surface area contributed by atoms with Crippen LogP contribution in [0.15, 0.2) is 24.3 Å². The summed E-state index contributed by atoms with van der Waals surface area (Å²) in [4.78, 5) is 53.0. The molecule has 34 heavy (non-hydrogen) atoms. The maximum atomic E-state index is 13.8. The Morgan fingerprint density at radius 1 is 0.794 bits per heavy atom. The zero-order chi connectivity index (χ0) is 26.1. The van der Waals surface area contributed by atoms with Crippen LogP contribution in [0.2, 0.25) is 0 Å². The molecule has 0 aromatic heterocycles. The summed E-state index contributed by atoms with van der Waals surface area (Å²) < 4.78 is 16.8. The van der Waals surface area contributed by atoms with Crippen LogP contribution in [0.5, 0.6) is 0 Å². The van der Waals surface area contributed by atoms with E-state index >= 15 is 0 Å². The van der Waals surface area contributed by atoms with E-state index in [9.17, 15) is 19.2 Å². The Balaban J connectivity index is 2.65. The van der Waals surface area contributed by atoms with Gasteiger partial charge in [-0.3, -0.25) is 19.2 Å². The number of nitrogens with one attached hydrogen (secondary N) is 1. The quantitative estimate of drug-likeness (QED) is 0.372. The van der Waals surface area contributed by atoms with Crippen molar-refractivity contribution in [3.8, 4) is 0 Å². The van der Waals surface area contributed by atoms with E-state index in [-0.39, 0.29) is 12.8 Å². The Morgan fingerprint density at radius 3 is 1.74 bits per heavy atom. The Labute approximate surface area is 201 Å². The first kappa shape index (κ1) is 27.3. The molecular weight excluding hydrogens is 438 g/mol. The van der Waals surface area contributed by atoms with Crippen LogP contribution in [0.4, 0.5) is 0 Å². The van der Waals surface area contributed by atoms with Crippen molar-refractivity contribution in [2.75, 3.05) is 0 Å². The van der Waals surface area contributed by atoms with E-state index in [0.29, 0.717) is 11.1 Å². The van der Waals surface area contributed by atoms with Crippen LogP contribution in [0.3, 0.4) is 0 Å². The van der Waals surface area contributed by atoms with E-state index in [2.05, 4.69) is 5.32 Å². The normalized spacial score (nSPS) is 16.4. The largest absolute Gasteiger partial charge is 0.460 e. The fraction of sp³-hybridized carbons (Fsp3) is 0.615. The first-order valence-electron chi connectivity index (χ1n) is 11.4. The summed E-state index contributed by atoms with van der Waals surface area (Å²) >= 11 is 0. The number of fused-ring (bicyclic) bond motifs is 1. The number of ether oxygens (including phenoxy) is 3. The summed E-state index contributed by atoms with van der Waals surface area (Å²) in [5.41, 5.74) is -3.81. The molecule has 1 aromatic rings. The summed E-state index contributed by atoms with van der Waals surface area (Å²) in [6, 6.07) is 5.63. The molecule has 2 rings (SSSR count). The molecule has 1 amide bonds. The Hall–Kier alpha value is -2.90. The van der Waals surface area contributed by atoms with E-state index < -0.39 is 52.1 Å². The van der Waals surface area contributed by atoms with E-state index in [1.54, 1.807) is 86.6 Å². The van der Waals surface area contributed by atoms with Crippen LogP contribution in [0.1, 0.15) is 97.1 Å². The van der Waals surface area contributed by atoms with Gasteiger partial charge in [-0.25, -0.2) is 0 Å². The van der Waals surface area contributed by atoms with Crippen LogP contribution in [-0.4, -0.2) is 40.6 Å². The molecule has 1 N–H and O–H groups in total. The fourth-order valence-corrected chi connectivity index (χ4v) is 3.73. The number of carbonyl (C=O) groups is 4. The maximum absolute atomic E-state index is 13.8. The molecule has 0 bridgehead atoms. The third-order valence-corrected chi connectivity index (χ3v) is 4.95. The van der Waals surface area contributed by atoms with Gasteiger partial charge in [-0.2, -0.15) is 0 Å². The van der Waals surface area contributed by atoms with E-state index in [1.165, 1.54) is 0 Å². The minimum absolute atomic E-state index is 0.260. The lowest BCUT2D eigenvalue weighted by molar-refractivity contribution is -0.189. The van der Waals surface area contributed by atoms with Gasteiger partial charge < -0.3 is 19.5 Å². The van der Waals surface area contributed by atoms with Crippen LogP contribution >= 0.6 is 0 Å². The van der Waals surface area contributed by atoms with Gasteiger partial charge in [-0.05, 0) is 80.4 Å². The van der Waals surface area contributed by atoms with Crippen LogP contribution in [0.25, 0.3) is 0 Å². The Kier molecular flexibility index (Phi) is 7.55. The molecule has 1 aromatic carbocycles. The number of rotatable bonds is 6. The molecule has 0 fully saturated rings. The average molecular weight is 476 g/mol. The van der Waals surface area contributed by atoms with Gasteiger partial charge in [0.15, 0.2) is 5.41 Å². The van der Waals surface area contributed by atoms with Crippen molar-refractivity contribution >= 4 is 23.8 Å². The SMILES string of the molecule is CC(C)(C)OC(=O)CCC(C(=O)OC(C)(C)C)(C(=O)OC(C)(C)C)C1NC(=O)c2ccccc21. The monoisotopic (exact) mass is 475 g/mol. The summed E-state index contributed by atoms with van der Waals surface area (Å²) in [5.74, 6) is -2.75. The fourth-order valence-electron chi connectivity index (χ4n) is 3.73. The molecule has 0 aliphatic carbocycles. The molecule has 1 atom stereocenters.